The first-order chi connectivity index (χ1) is 51.0. The van der Waals surface area contributed by atoms with Gasteiger partial charge in [0.15, 0.2) is 23.1 Å². The number of nitrogens with zero attached hydrogens (tertiary/aromatic N) is 9. The number of benzene rings is 4. The van der Waals surface area contributed by atoms with Gasteiger partial charge in [0.05, 0.1) is 58.4 Å². The van der Waals surface area contributed by atoms with Crippen LogP contribution in [0.25, 0.3) is 43.6 Å². The number of nitrogens with one attached hydrogen (secondary N) is 3. The standard InChI is InChI=1S/C21H24FN3O4.C19H22FN3O4.C19H22FN3O3.C17H18FN3O3/c1-29-20-17-13(19(26)14(21(27)28)9-25(17)12-4-5-12)7-15(22)18(20)24-8-11-3-2-6-23-16(11)10-24;1-10-8-22(6-5-21-10)16-14(20)7-12-15(18(16)27-2)23(11-3-4-11)9-13(17(12)24)19(25)26;1-2-21-5-7-22(8-6-21)17-10-16-13(9-15(17)20)18(24)14(19(25)26)11-23(16)12-3-4-12;18-13-7-11-14(8-15(13)20-5-3-19-4-6-20)21(10-1-2-10)9-12(16(11)22)17(23)24/h7,9,11-12,16,23H,2-6,8,10H2,1H3,(H,27,28);7,9-11,21H,3-6,8H2,1-2H3,(H,25,26);9-12H,2-8H2,1H3,(H,25,26);7-10,19H,1-6H2,(H,23,24)/t11-,16+;;;/m0.../s1. The minimum atomic E-state index is -1.31. The summed E-state index contributed by atoms with van der Waals surface area (Å²) in [6.45, 7) is 15.6. The molecule has 0 amide bonds. The molecule has 30 heteroatoms. The molecule has 8 aromatic rings. The van der Waals surface area contributed by atoms with Crippen molar-refractivity contribution >= 4 is 90.2 Å². The molecule has 17 rings (SSSR count). The first-order valence-electron chi connectivity index (χ1n) is 36.5. The average Bonchev–Trinajstić information content (AvgIpc) is 1.51. The molecule has 3 atom stereocenters. The molecule has 4 aromatic carbocycles. The van der Waals surface area contributed by atoms with Gasteiger partial charge in [-0.1, -0.05) is 6.92 Å². The zero-order valence-corrected chi connectivity index (χ0v) is 59.4. The molecule has 9 aliphatic rings. The monoisotopic (exact) mass is 1470 g/mol. The third kappa shape index (κ3) is 14.2. The number of rotatable bonds is 15. The number of likely N-dealkylation sites (N-methyl/N-ethyl adjacent to an activating group) is 1. The lowest BCUT2D eigenvalue weighted by Crippen LogP contribution is -2.49. The zero-order chi connectivity index (χ0) is 74.8. The molecule has 562 valence electrons. The van der Waals surface area contributed by atoms with Crippen LogP contribution < -0.4 is 66.7 Å². The van der Waals surface area contributed by atoms with E-state index in [0.29, 0.717) is 101 Å². The summed E-state index contributed by atoms with van der Waals surface area (Å²) in [4.78, 5) is 106. The number of piperazine rings is 3. The summed E-state index contributed by atoms with van der Waals surface area (Å²) < 4.78 is 78.3. The van der Waals surface area contributed by atoms with Crippen LogP contribution in [0, 0.1) is 29.2 Å². The average molecular weight is 1470 g/mol. The highest BCUT2D eigenvalue weighted by molar-refractivity contribution is 5.99. The van der Waals surface area contributed by atoms with Crippen LogP contribution in [0.5, 0.6) is 11.5 Å². The van der Waals surface area contributed by atoms with E-state index in [0.717, 1.165) is 136 Å². The van der Waals surface area contributed by atoms with Crippen LogP contribution in [0.2, 0.25) is 0 Å². The van der Waals surface area contributed by atoms with Crippen LogP contribution >= 0.6 is 0 Å². The highest BCUT2D eigenvalue weighted by Gasteiger charge is 2.40. The van der Waals surface area contributed by atoms with Crippen molar-refractivity contribution in [3.63, 3.8) is 0 Å². The normalized spacial score (nSPS) is 20.3. The molecule has 1 unspecified atom stereocenters. The van der Waals surface area contributed by atoms with Gasteiger partial charge in [-0.25, -0.2) is 36.7 Å². The quantitative estimate of drug-likeness (QED) is 0.0475. The molecule has 4 aliphatic carbocycles. The Bertz CT molecular complexity index is 5100. The van der Waals surface area contributed by atoms with Crippen molar-refractivity contribution in [2.75, 3.05) is 132 Å². The number of fused-ring (bicyclic) bond motifs is 5. The van der Waals surface area contributed by atoms with Crippen LogP contribution in [0.3, 0.4) is 0 Å². The summed E-state index contributed by atoms with van der Waals surface area (Å²) in [5.74, 6) is -6.15. The van der Waals surface area contributed by atoms with Gasteiger partial charge in [-0.3, -0.25) is 19.2 Å². The number of anilines is 4. The van der Waals surface area contributed by atoms with Gasteiger partial charge in [0.1, 0.15) is 45.3 Å². The summed E-state index contributed by atoms with van der Waals surface area (Å²) in [6, 6.07) is 9.26. The van der Waals surface area contributed by atoms with Crippen LogP contribution in [0.15, 0.2) is 80.4 Å². The summed E-state index contributed by atoms with van der Waals surface area (Å²) in [5, 5.41) is 47.8. The number of aromatic carboxylic acids is 4. The molecule has 9 heterocycles. The number of piperidine rings is 1. The molecule has 26 nitrogen and oxygen atoms in total. The van der Waals surface area contributed by atoms with E-state index >= 15 is 8.78 Å². The number of aromatic nitrogens is 4. The Kier molecular flexibility index (Phi) is 20.4. The largest absolute Gasteiger partial charge is 0.492 e. The number of ether oxygens (including phenoxy) is 2. The Morgan fingerprint density at radius 3 is 1.25 bits per heavy atom. The SMILES string of the molecule is CCN1CCN(c2cc3c(cc2F)c(=O)c(C(=O)O)cn3C2CC2)CC1.COc1c(N2CCNC(C)C2)c(F)cc2c(=O)c(C(=O)O)cn(C3CC3)c12.COc1c(N2C[C@@H]3CCCN[C@@H]3C2)c(F)cc2c(=O)c(C(=O)O)cn(C3CC3)c12.O=C(O)c1cn(C2CC2)c2cc(N3CCNCC3)c(F)cc2c1=O. The second kappa shape index (κ2) is 29.7. The first kappa shape index (κ1) is 72.9. The van der Waals surface area contributed by atoms with Gasteiger partial charge in [-0.05, 0) is 127 Å². The van der Waals surface area contributed by atoms with Crippen LogP contribution in [0.1, 0.15) is 144 Å². The van der Waals surface area contributed by atoms with Crippen LogP contribution in [-0.2, 0) is 0 Å². The number of pyridine rings is 4. The lowest BCUT2D eigenvalue weighted by atomic mass is 9.94. The van der Waals surface area contributed by atoms with Crippen LogP contribution in [0.4, 0.5) is 40.3 Å². The Balaban J connectivity index is 0.000000119. The summed E-state index contributed by atoms with van der Waals surface area (Å²) in [5.41, 5.74) is -0.0378. The third-order valence-electron chi connectivity index (χ3n) is 21.9. The van der Waals surface area contributed by atoms with Gasteiger partial charge in [0.2, 0.25) is 21.7 Å². The Morgan fingerprint density at radius 1 is 0.453 bits per heavy atom. The maximum Gasteiger partial charge on any atom is 0.341 e. The van der Waals surface area contributed by atoms with Gasteiger partial charge in [0, 0.05) is 157 Å². The predicted molar refractivity (Wildman–Crippen MR) is 393 cm³/mol. The molecule has 0 spiro atoms. The van der Waals surface area contributed by atoms with E-state index < -0.39 is 68.9 Å². The van der Waals surface area contributed by atoms with Crippen molar-refractivity contribution in [3.8, 4) is 11.5 Å². The second-order valence-electron chi connectivity index (χ2n) is 29.0. The zero-order valence-electron chi connectivity index (χ0n) is 59.4. The Morgan fingerprint density at radius 2 is 0.849 bits per heavy atom. The predicted octanol–water partition coefficient (Wildman–Crippen LogP) is 8.25. The molecule has 4 saturated carbocycles. The minimum Gasteiger partial charge on any atom is -0.492 e. The van der Waals surface area contributed by atoms with Crippen molar-refractivity contribution in [1.82, 2.24) is 39.1 Å². The van der Waals surface area contributed by atoms with E-state index in [9.17, 15) is 67.6 Å². The smallest absolute Gasteiger partial charge is 0.341 e. The lowest BCUT2D eigenvalue weighted by molar-refractivity contribution is 0.0684. The highest BCUT2D eigenvalue weighted by atomic mass is 19.1. The third-order valence-corrected chi connectivity index (χ3v) is 21.9. The molecule has 106 heavy (non-hydrogen) atoms. The summed E-state index contributed by atoms with van der Waals surface area (Å²) >= 11 is 0. The summed E-state index contributed by atoms with van der Waals surface area (Å²) in [6.07, 6.45) is 15.1. The molecular weight excluding hydrogens is 1380 g/mol. The van der Waals surface area contributed by atoms with E-state index in [-0.39, 0.29) is 74.0 Å². The topological polar surface area (TPSA) is 308 Å². The number of methoxy groups -OCH3 is 2. The van der Waals surface area contributed by atoms with Crippen molar-refractivity contribution in [2.24, 2.45) is 5.92 Å². The molecular formula is C76H86F4N12O14. The first-order valence-corrected chi connectivity index (χ1v) is 36.5. The van der Waals surface area contributed by atoms with Crippen molar-refractivity contribution in [2.45, 2.75) is 114 Å². The molecule has 4 aromatic heterocycles. The lowest BCUT2D eigenvalue weighted by Gasteiger charge is -2.35. The van der Waals surface area contributed by atoms with Crippen molar-refractivity contribution < 1.29 is 66.6 Å². The van der Waals surface area contributed by atoms with Gasteiger partial charge in [0.25, 0.3) is 0 Å². The molecule has 5 saturated heterocycles. The van der Waals surface area contributed by atoms with E-state index in [1.807, 2.05) is 35.7 Å². The van der Waals surface area contributed by atoms with Gasteiger partial charge >= 0.3 is 23.9 Å². The summed E-state index contributed by atoms with van der Waals surface area (Å²) in [7, 11) is 2.93. The fourth-order valence-corrected chi connectivity index (χ4v) is 15.8. The van der Waals surface area contributed by atoms with E-state index in [1.165, 1.54) is 57.2 Å². The molecule has 0 bridgehead atoms. The number of carboxylic acid groups (broad SMARTS) is 4. The molecule has 5 aliphatic heterocycles. The van der Waals surface area contributed by atoms with Crippen molar-refractivity contribution in [1.29, 1.82) is 0 Å². The Hall–Kier alpha value is -10.0. The van der Waals surface area contributed by atoms with Gasteiger partial charge in [-0.2, -0.15) is 0 Å². The van der Waals surface area contributed by atoms with Gasteiger partial charge in [-0.15, -0.1) is 0 Å². The maximum atomic E-state index is 15.3. The molecule has 7 N–H and O–H groups in total. The van der Waals surface area contributed by atoms with E-state index in [4.69, 9.17) is 9.47 Å². The number of hydrogen-bond donors (Lipinski definition) is 7. The highest BCUT2D eigenvalue weighted by Crippen LogP contribution is 2.47. The number of halogens is 4. The maximum absolute atomic E-state index is 15.3. The van der Waals surface area contributed by atoms with E-state index in [1.54, 1.807) is 21.3 Å². The Labute approximate surface area is 604 Å². The minimum absolute atomic E-state index is 0.0445. The molecule has 9 fully saturated rings. The number of carbonyl (C=O) groups is 4. The van der Waals surface area contributed by atoms with Gasteiger partial charge < -0.3 is 88.6 Å². The van der Waals surface area contributed by atoms with Crippen molar-refractivity contribution in [3.05, 3.63) is 148 Å². The fraction of sp³-hybridized carbons (Fsp3) is 0.474. The fourth-order valence-electron chi connectivity index (χ4n) is 15.8. The van der Waals surface area contributed by atoms with Crippen LogP contribution in [-0.4, -0.2) is 192 Å². The number of carboxylic acids is 4. The number of hydrogen-bond acceptors (Lipinski definition) is 18. The second-order valence-corrected chi connectivity index (χ2v) is 29.0. The van der Waals surface area contributed by atoms with E-state index in [2.05, 4.69) is 27.8 Å². The molecule has 0 radical (unpaired) electrons.